The molecule has 0 radical (unpaired) electrons. The quantitative estimate of drug-likeness (QED) is 0.812. The van der Waals surface area contributed by atoms with Gasteiger partial charge in [0.1, 0.15) is 0 Å². The van der Waals surface area contributed by atoms with Gasteiger partial charge >= 0.3 is 0 Å². The number of rotatable bonds is 6. The summed E-state index contributed by atoms with van der Waals surface area (Å²) in [7, 11) is 2.01. The average molecular weight is 326 g/mol. The lowest BCUT2D eigenvalue weighted by Crippen LogP contribution is -2.25. The summed E-state index contributed by atoms with van der Waals surface area (Å²) in [5.74, 6) is 0. The summed E-state index contributed by atoms with van der Waals surface area (Å²) < 4.78 is 2.06. The van der Waals surface area contributed by atoms with Crippen LogP contribution in [0.1, 0.15) is 24.1 Å². The number of thioether (sulfide) groups is 2. The molecule has 1 heterocycles. The van der Waals surface area contributed by atoms with Crippen LogP contribution in [0.4, 0.5) is 0 Å². The molecule has 0 saturated heterocycles. The van der Waals surface area contributed by atoms with Crippen LogP contribution >= 0.6 is 34.9 Å². The van der Waals surface area contributed by atoms with Gasteiger partial charge in [-0.25, -0.2) is 0 Å². The zero-order valence-corrected chi connectivity index (χ0v) is 14.5. The third kappa shape index (κ3) is 3.97. The summed E-state index contributed by atoms with van der Waals surface area (Å²) in [6.07, 6.45) is 2.03. The molecule has 0 spiro atoms. The second-order valence-electron chi connectivity index (χ2n) is 4.54. The van der Waals surface area contributed by atoms with E-state index in [0.717, 1.165) is 8.68 Å². The highest BCUT2D eigenvalue weighted by molar-refractivity contribution is 8.03. The molecule has 3 nitrogen and oxygen atoms in total. The fourth-order valence-electron chi connectivity index (χ4n) is 2.00. The van der Waals surface area contributed by atoms with E-state index in [-0.39, 0.29) is 0 Å². The van der Waals surface area contributed by atoms with Crippen molar-refractivity contribution in [3.05, 3.63) is 35.4 Å². The lowest BCUT2D eigenvalue weighted by Gasteiger charge is -2.22. The molecule has 2 unspecified atom stereocenters. The van der Waals surface area contributed by atoms with Crippen molar-refractivity contribution in [2.75, 3.05) is 13.3 Å². The van der Waals surface area contributed by atoms with Crippen LogP contribution in [0.15, 0.2) is 32.9 Å². The number of aromatic nitrogens is 2. The van der Waals surface area contributed by atoms with Gasteiger partial charge in [0.2, 0.25) is 0 Å². The molecule has 2 atom stereocenters. The first-order chi connectivity index (χ1) is 9.63. The highest BCUT2D eigenvalue weighted by Crippen LogP contribution is 2.35. The van der Waals surface area contributed by atoms with Gasteiger partial charge in [-0.1, -0.05) is 71.6 Å². The van der Waals surface area contributed by atoms with Gasteiger partial charge in [0.25, 0.3) is 0 Å². The second-order valence-corrected chi connectivity index (χ2v) is 8.19. The Kier molecular flexibility index (Phi) is 5.89. The largest absolute Gasteiger partial charge is 0.312 e. The lowest BCUT2D eigenvalue weighted by molar-refractivity contribution is 0.589. The third-order valence-corrected chi connectivity index (χ3v) is 6.23. The maximum absolute atomic E-state index is 4.23. The van der Waals surface area contributed by atoms with Crippen molar-refractivity contribution >= 4 is 34.9 Å². The summed E-state index contributed by atoms with van der Waals surface area (Å²) >= 11 is 5.09. The highest BCUT2D eigenvalue weighted by atomic mass is 32.2. The van der Waals surface area contributed by atoms with Crippen molar-refractivity contribution in [2.24, 2.45) is 0 Å². The van der Waals surface area contributed by atoms with E-state index in [1.165, 1.54) is 11.1 Å². The van der Waals surface area contributed by atoms with Crippen LogP contribution in [0.25, 0.3) is 0 Å². The van der Waals surface area contributed by atoms with Gasteiger partial charge in [-0.05, 0) is 25.8 Å². The topological polar surface area (TPSA) is 37.8 Å². The first-order valence-electron chi connectivity index (χ1n) is 6.42. The Bertz CT molecular complexity index is 539. The van der Waals surface area contributed by atoms with Crippen molar-refractivity contribution in [2.45, 2.75) is 33.8 Å². The lowest BCUT2D eigenvalue weighted by atomic mass is 10.0. The van der Waals surface area contributed by atoms with Gasteiger partial charge in [0, 0.05) is 11.3 Å². The van der Waals surface area contributed by atoms with E-state index in [1.807, 2.05) is 13.3 Å². The minimum Gasteiger partial charge on any atom is -0.312 e. The Morgan fingerprint density at radius 1 is 1.15 bits per heavy atom. The van der Waals surface area contributed by atoms with Crippen molar-refractivity contribution < 1.29 is 0 Å². The van der Waals surface area contributed by atoms with Crippen LogP contribution in [0.3, 0.4) is 0 Å². The molecule has 1 aromatic heterocycles. The molecule has 0 amide bonds. The molecule has 1 N–H and O–H groups in total. The second kappa shape index (κ2) is 7.45. The highest BCUT2D eigenvalue weighted by Gasteiger charge is 2.20. The molecule has 0 bridgehead atoms. The molecule has 2 aromatic rings. The number of hydrogen-bond donors (Lipinski definition) is 1. The Morgan fingerprint density at radius 3 is 2.35 bits per heavy atom. The first kappa shape index (κ1) is 15.8. The molecule has 0 fully saturated rings. The normalized spacial score (nSPS) is 14.2. The van der Waals surface area contributed by atoms with Gasteiger partial charge in [0.05, 0.1) is 0 Å². The smallest absolute Gasteiger partial charge is 0.175 e. The van der Waals surface area contributed by atoms with Crippen LogP contribution < -0.4 is 5.32 Å². The van der Waals surface area contributed by atoms with Crippen molar-refractivity contribution in [3.8, 4) is 0 Å². The van der Waals surface area contributed by atoms with Crippen molar-refractivity contribution in [3.63, 3.8) is 0 Å². The SMILES string of the molecule is CNC(c1ccc(C)cc1)C(C)Sc1nnc(SC)s1. The van der Waals surface area contributed by atoms with Gasteiger partial charge in [-0.15, -0.1) is 10.2 Å². The standard InChI is InChI=1S/C14H19N3S3/c1-9-5-7-11(8-6-9)12(15-3)10(2)19-14-17-16-13(18-4)20-14/h5-8,10,12,15H,1-4H3. The molecule has 1 aromatic carbocycles. The van der Waals surface area contributed by atoms with Crippen molar-refractivity contribution in [1.29, 1.82) is 0 Å². The van der Waals surface area contributed by atoms with E-state index in [0.29, 0.717) is 11.3 Å². The minimum absolute atomic E-state index is 0.308. The molecule has 20 heavy (non-hydrogen) atoms. The maximum Gasteiger partial charge on any atom is 0.175 e. The fourth-order valence-corrected chi connectivity index (χ4v) is 4.88. The predicted octanol–water partition coefficient (Wildman–Crippen LogP) is 4.01. The Hall–Kier alpha value is -0.560. The Balaban J connectivity index is 2.08. The van der Waals surface area contributed by atoms with Crippen LogP contribution in [0.5, 0.6) is 0 Å². The molecule has 6 heteroatoms. The summed E-state index contributed by atoms with van der Waals surface area (Å²) in [5.41, 5.74) is 2.60. The fraction of sp³-hybridized carbons (Fsp3) is 0.429. The molecule has 108 valence electrons. The van der Waals surface area contributed by atoms with E-state index < -0.39 is 0 Å². The first-order valence-corrected chi connectivity index (χ1v) is 9.34. The molecule has 0 aliphatic heterocycles. The van der Waals surface area contributed by atoms with Crippen LogP contribution in [-0.4, -0.2) is 28.8 Å². The molecular weight excluding hydrogens is 306 g/mol. The monoisotopic (exact) mass is 325 g/mol. The molecule has 2 rings (SSSR count). The van der Waals surface area contributed by atoms with E-state index in [2.05, 4.69) is 53.6 Å². The Labute approximate surface area is 133 Å². The summed E-state index contributed by atoms with van der Waals surface area (Å²) in [6.45, 7) is 4.34. The number of benzene rings is 1. The zero-order valence-electron chi connectivity index (χ0n) is 12.1. The summed E-state index contributed by atoms with van der Waals surface area (Å²) in [4.78, 5) is 0. The number of hydrogen-bond acceptors (Lipinski definition) is 6. The number of aryl methyl sites for hydroxylation is 1. The number of nitrogens with one attached hydrogen (secondary N) is 1. The minimum atomic E-state index is 0.308. The van der Waals surface area contributed by atoms with Crippen LogP contribution in [0.2, 0.25) is 0 Å². The van der Waals surface area contributed by atoms with Gasteiger partial charge in [-0.3, -0.25) is 0 Å². The molecule has 0 aliphatic carbocycles. The average Bonchev–Trinajstić information content (AvgIpc) is 2.89. The predicted molar refractivity (Wildman–Crippen MR) is 90.0 cm³/mol. The molecular formula is C14H19N3S3. The number of nitrogens with zero attached hydrogens (tertiary/aromatic N) is 2. The van der Waals surface area contributed by atoms with E-state index in [4.69, 9.17) is 0 Å². The summed E-state index contributed by atoms with van der Waals surface area (Å²) in [6, 6.07) is 9.02. The molecule has 0 saturated carbocycles. The van der Waals surface area contributed by atoms with Crippen molar-refractivity contribution in [1.82, 2.24) is 15.5 Å². The summed E-state index contributed by atoms with van der Waals surface area (Å²) in [5, 5.41) is 12.2. The van der Waals surface area contributed by atoms with Crippen LogP contribution in [0, 0.1) is 6.92 Å². The zero-order chi connectivity index (χ0) is 14.5. The maximum atomic E-state index is 4.23. The van der Waals surface area contributed by atoms with Crippen LogP contribution in [-0.2, 0) is 0 Å². The van der Waals surface area contributed by atoms with Gasteiger partial charge in [0.15, 0.2) is 8.68 Å². The van der Waals surface area contributed by atoms with E-state index >= 15 is 0 Å². The Morgan fingerprint density at radius 2 is 1.80 bits per heavy atom. The molecule has 0 aliphatic rings. The third-order valence-electron chi connectivity index (χ3n) is 3.07. The van der Waals surface area contributed by atoms with E-state index in [9.17, 15) is 0 Å². The van der Waals surface area contributed by atoms with Gasteiger partial charge in [-0.2, -0.15) is 0 Å². The van der Waals surface area contributed by atoms with Gasteiger partial charge < -0.3 is 5.32 Å². The van der Waals surface area contributed by atoms with E-state index in [1.54, 1.807) is 34.9 Å².